The minimum Gasteiger partial charge on any atom is -0.363 e. The number of rotatable bonds is 5. The topological polar surface area (TPSA) is 95.8 Å². The molecule has 1 heterocycles. The van der Waals surface area contributed by atoms with Crippen LogP contribution in [-0.2, 0) is 10.0 Å². The molecule has 1 atom stereocenters. The fraction of sp³-hybridized carbons (Fsp3) is 0.571. The fourth-order valence-electron chi connectivity index (χ4n) is 2.88. The molecule has 8 nitrogen and oxygen atoms in total. The average molecular weight is 396 g/mol. The molecule has 2 rings (SSSR count). The minimum absolute atomic E-state index is 0.0917. The summed E-state index contributed by atoms with van der Waals surface area (Å²) in [5.41, 5.74) is -0.221. The van der Waals surface area contributed by atoms with E-state index in [4.69, 9.17) is 0 Å². The summed E-state index contributed by atoms with van der Waals surface area (Å²) < 4.78 is 63.5. The SMILES string of the molecule is CNS(=O)(=O)c1ccc(N2CCN(CC(F)(F)F)C(C)C2)c([N+](=O)[O-])c1. The Morgan fingerprint density at radius 1 is 1.35 bits per heavy atom. The Kier molecular flexibility index (Phi) is 5.78. The van der Waals surface area contributed by atoms with E-state index in [1.807, 2.05) is 0 Å². The van der Waals surface area contributed by atoms with Gasteiger partial charge in [0.1, 0.15) is 5.69 Å². The van der Waals surface area contributed by atoms with Gasteiger partial charge < -0.3 is 4.90 Å². The van der Waals surface area contributed by atoms with E-state index in [1.54, 1.807) is 11.8 Å². The number of nitrogens with zero attached hydrogens (tertiary/aromatic N) is 3. The van der Waals surface area contributed by atoms with Crippen molar-refractivity contribution in [2.75, 3.05) is 38.1 Å². The molecule has 26 heavy (non-hydrogen) atoms. The Balaban J connectivity index is 2.28. The van der Waals surface area contributed by atoms with Gasteiger partial charge >= 0.3 is 6.18 Å². The van der Waals surface area contributed by atoms with Gasteiger partial charge in [-0.2, -0.15) is 13.2 Å². The summed E-state index contributed by atoms with van der Waals surface area (Å²) in [6.07, 6.45) is -4.31. The summed E-state index contributed by atoms with van der Waals surface area (Å²) >= 11 is 0. The van der Waals surface area contributed by atoms with Crippen LogP contribution in [0.1, 0.15) is 6.92 Å². The van der Waals surface area contributed by atoms with Crippen LogP contribution in [0.5, 0.6) is 0 Å². The minimum atomic E-state index is -4.31. The first-order valence-corrected chi connectivity index (χ1v) is 9.20. The molecule has 1 aliphatic heterocycles. The number of nitrogens with one attached hydrogen (secondary N) is 1. The maximum absolute atomic E-state index is 12.6. The number of hydrogen-bond donors (Lipinski definition) is 1. The van der Waals surface area contributed by atoms with Crippen LogP contribution in [0.2, 0.25) is 0 Å². The Morgan fingerprint density at radius 3 is 2.50 bits per heavy atom. The van der Waals surface area contributed by atoms with E-state index in [0.717, 1.165) is 6.07 Å². The van der Waals surface area contributed by atoms with Crippen LogP contribution >= 0.6 is 0 Å². The van der Waals surface area contributed by atoms with Crippen molar-refractivity contribution in [1.82, 2.24) is 9.62 Å². The maximum Gasteiger partial charge on any atom is 0.401 e. The number of hydrogen-bond acceptors (Lipinski definition) is 6. The molecule has 1 fully saturated rings. The largest absolute Gasteiger partial charge is 0.401 e. The molecule has 12 heteroatoms. The third-order valence-electron chi connectivity index (χ3n) is 4.21. The lowest BCUT2D eigenvalue weighted by Crippen LogP contribution is -2.54. The van der Waals surface area contributed by atoms with Crippen LogP contribution < -0.4 is 9.62 Å². The number of nitro groups is 1. The number of anilines is 1. The Morgan fingerprint density at radius 2 is 2.00 bits per heavy atom. The Hall–Kier alpha value is -1.92. The summed E-state index contributed by atoms with van der Waals surface area (Å²) in [6, 6.07) is 3.04. The Bertz CT molecular complexity index is 785. The van der Waals surface area contributed by atoms with Crippen molar-refractivity contribution in [2.45, 2.75) is 24.0 Å². The van der Waals surface area contributed by atoms with Gasteiger partial charge in [0.25, 0.3) is 5.69 Å². The molecule has 0 aliphatic carbocycles. The Labute approximate surface area is 148 Å². The summed E-state index contributed by atoms with van der Waals surface area (Å²) in [5.74, 6) is 0. The van der Waals surface area contributed by atoms with Gasteiger partial charge in [0.2, 0.25) is 10.0 Å². The summed E-state index contributed by atoms with van der Waals surface area (Å²) in [4.78, 5) is 13.3. The molecule has 1 aromatic rings. The lowest BCUT2D eigenvalue weighted by atomic mass is 10.1. The van der Waals surface area contributed by atoms with E-state index in [-0.39, 0.29) is 30.2 Å². The molecule has 1 aliphatic rings. The number of halogens is 3. The van der Waals surface area contributed by atoms with Crippen molar-refractivity contribution >= 4 is 21.4 Å². The van der Waals surface area contributed by atoms with E-state index in [9.17, 15) is 31.7 Å². The molecule has 0 bridgehead atoms. The van der Waals surface area contributed by atoms with Gasteiger partial charge in [-0.05, 0) is 26.1 Å². The van der Waals surface area contributed by atoms with Crippen molar-refractivity contribution in [1.29, 1.82) is 0 Å². The third-order valence-corrected chi connectivity index (χ3v) is 5.62. The van der Waals surface area contributed by atoms with Gasteiger partial charge in [-0.15, -0.1) is 0 Å². The zero-order valence-electron chi connectivity index (χ0n) is 14.2. The van der Waals surface area contributed by atoms with Gasteiger partial charge in [-0.3, -0.25) is 15.0 Å². The van der Waals surface area contributed by atoms with E-state index >= 15 is 0 Å². The summed E-state index contributed by atoms with van der Waals surface area (Å²) in [5, 5.41) is 11.4. The second-order valence-electron chi connectivity index (χ2n) is 6.00. The van der Waals surface area contributed by atoms with E-state index in [2.05, 4.69) is 4.72 Å². The highest BCUT2D eigenvalue weighted by molar-refractivity contribution is 7.89. The van der Waals surface area contributed by atoms with Gasteiger partial charge in [-0.25, -0.2) is 13.1 Å². The third kappa shape index (κ3) is 4.62. The van der Waals surface area contributed by atoms with Crippen molar-refractivity contribution in [3.05, 3.63) is 28.3 Å². The second kappa shape index (κ2) is 7.37. The zero-order chi connectivity index (χ0) is 19.7. The first kappa shape index (κ1) is 20.4. The quantitative estimate of drug-likeness (QED) is 0.600. The molecule has 146 valence electrons. The summed E-state index contributed by atoms with van der Waals surface area (Å²) in [7, 11) is -2.66. The standard InChI is InChI=1S/C14H19F3N4O4S/c1-10-8-19(5-6-20(10)9-14(15,16)17)12-4-3-11(26(24,25)18-2)7-13(12)21(22)23/h3-4,7,10,18H,5-6,8-9H2,1-2H3. The first-order chi connectivity index (χ1) is 11.9. The molecule has 0 spiro atoms. The molecule has 1 unspecified atom stereocenters. The van der Waals surface area contributed by atoms with Crippen LogP contribution in [0.3, 0.4) is 0 Å². The molecule has 0 amide bonds. The van der Waals surface area contributed by atoms with Gasteiger partial charge in [0, 0.05) is 31.7 Å². The second-order valence-corrected chi connectivity index (χ2v) is 7.88. The highest BCUT2D eigenvalue weighted by atomic mass is 32.2. The lowest BCUT2D eigenvalue weighted by Gasteiger charge is -2.40. The monoisotopic (exact) mass is 396 g/mol. The average Bonchev–Trinajstić information content (AvgIpc) is 2.55. The normalized spacial score (nSPS) is 19.6. The number of nitro benzene ring substituents is 1. The van der Waals surface area contributed by atoms with Crippen LogP contribution in [0.25, 0.3) is 0 Å². The number of sulfonamides is 1. The number of piperazine rings is 1. The van der Waals surface area contributed by atoms with Crippen molar-refractivity contribution < 1.29 is 26.5 Å². The maximum atomic E-state index is 12.6. The zero-order valence-corrected chi connectivity index (χ0v) is 15.0. The first-order valence-electron chi connectivity index (χ1n) is 7.72. The molecule has 1 saturated heterocycles. The van der Waals surface area contributed by atoms with E-state index in [1.165, 1.54) is 24.1 Å². The van der Waals surface area contributed by atoms with Crippen molar-refractivity contribution in [2.24, 2.45) is 0 Å². The van der Waals surface area contributed by atoms with E-state index in [0.29, 0.717) is 0 Å². The predicted molar refractivity (Wildman–Crippen MR) is 88.6 cm³/mol. The molecule has 0 saturated carbocycles. The van der Waals surface area contributed by atoms with Crippen LogP contribution in [0.15, 0.2) is 23.1 Å². The van der Waals surface area contributed by atoms with E-state index < -0.39 is 39.4 Å². The van der Waals surface area contributed by atoms with Crippen LogP contribution in [-0.4, -0.2) is 63.7 Å². The van der Waals surface area contributed by atoms with Gasteiger partial charge in [-0.1, -0.05) is 0 Å². The molecule has 0 aromatic heterocycles. The highest BCUT2D eigenvalue weighted by Crippen LogP contribution is 2.32. The molecular weight excluding hydrogens is 377 g/mol. The molecule has 0 radical (unpaired) electrons. The lowest BCUT2D eigenvalue weighted by molar-refractivity contribution is -0.384. The van der Waals surface area contributed by atoms with Gasteiger partial charge in [0.15, 0.2) is 0 Å². The smallest absolute Gasteiger partial charge is 0.363 e. The van der Waals surface area contributed by atoms with Crippen molar-refractivity contribution in [3.8, 4) is 0 Å². The van der Waals surface area contributed by atoms with Gasteiger partial charge in [0.05, 0.1) is 16.4 Å². The highest BCUT2D eigenvalue weighted by Gasteiger charge is 2.36. The molecular formula is C14H19F3N4O4S. The number of alkyl halides is 3. The fourth-order valence-corrected chi connectivity index (χ4v) is 3.63. The predicted octanol–water partition coefficient (Wildman–Crippen LogP) is 1.58. The summed E-state index contributed by atoms with van der Waals surface area (Å²) in [6.45, 7) is 0.996. The van der Waals surface area contributed by atoms with Crippen LogP contribution in [0.4, 0.5) is 24.5 Å². The molecule has 1 aromatic carbocycles. The molecule has 1 N–H and O–H groups in total. The van der Waals surface area contributed by atoms with Crippen molar-refractivity contribution in [3.63, 3.8) is 0 Å². The number of benzene rings is 1. The van der Waals surface area contributed by atoms with Crippen LogP contribution in [0, 0.1) is 10.1 Å².